The van der Waals surface area contributed by atoms with Crippen molar-refractivity contribution in [1.29, 1.82) is 5.26 Å². The van der Waals surface area contributed by atoms with Crippen molar-refractivity contribution in [2.45, 2.75) is 38.8 Å². The highest BCUT2D eigenvalue weighted by molar-refractivity contribution is 6.31. The molecule has 1 aromatic heterocycles. The lowest BCUT2D eigenvalue weighted by Crippen LogP contribution is -2.51. The van der Waals surface area contributed by atoms with Crippen molar-refractivity contribution in [1.82, 2.24) is 19.9 Å². The number of nitrogens with one attached hydrogen (secondary N) is 1. The van der Waals surface area contributed by atoms with Gasteiger partial charge in [0.05, 0.1) is 29.2 Å². The summed E-state index contributed by atoms with van der Waals surface area (Å²) >= 11 is 17.9. The number of nitrogens with zero attached hydrogens (tertiary/aromatic N) is 5. The summed E-state index contributed by atoms with van der Waals surface area (Å²) in [5, 5.41) is 19.9. The largest absolute Gasteiger partial charge is 0.458 e. The Labute approximate surface area is 240 Å². The van der Waals surface area contributed by atoms with E-state index < -0.39 is 41.9 Å². The number of benzene rings is 2. The van der Waals surface area contributed by atoms with Gasteiger partial charge in [-0.1, -0.05) is 40.5 Å². The van der Waals surface area contributed by atoms with Crippen LogP contribution in [0.5, 0.6) is 0 Å². The molecule has 10 nitrogen and oxygen atoms in total. The Kier molecular flexibility index (Phi) is 9.92. The molecule has 0 saturated heterocycles. The van der Waals surface area contributed by atoms with Crippen LogP contribution >= 0.6 is 34.8 Å². The van der Waals surface area contributed by atoms with Crippen LogP contribution in [-0.2, 0) is 25.5 Å². The van der Waals surface area contributed by atoms with Crippen LogP contribution in [0.3, 0.4) is 0 Å². The van der Waals surface area contributed by atoms with Crippen molar-refractivity contribution < 1.29 is 19.1 Å². The molecule has 3 rings (SSSR count). The number of rotatable bonds is 9. The molecule has 0 spiro atoms. The van der Waals surface area contributed by atoms with E-state index in [0.29, 0.717) is 21.8 Å². The molecule has 204 valence electrons. The number of halogens is 3. The van der Waals surface area contributed by atoms with Gasteiger partial charge in [0.1, 0.15) is 24.1 Å². The maximum absolute atomic E-state index is 13.3. The van der Waals surface area contributed by atoms with E-state index in [1.54, 1.807) is 57.2 Å². The van der Waals surface area contributed by atoms with E-state index in [4.69, 9.17) is 44.8 Å². The molecule has 0 aliphatic rings. The van der Waals surface area contributed by atoms with E-state index in [-0.39, 0.29) is 17.3 Å². The molecule has 2 amide bonds. The van der Waals surface area contributed by atoms with Gasteiger partial charge in [-0.15, -0.1) is 16.7 Å². The van der Waals surface area contributed by atoms with E-state index in [1.807, 2.05) is 6.07 Å². The second-order valence-corrected chi connectivity index (χ2v) is 10.5. The molecule has 1 unspecified atom stereocenters. The molecule has 2 aromatic carbocycles. The highest BCUT2D eigenvalue weighted by Gasteiger charge is 2.34. The van der Waals surface area contributed by atoms with Gasteiger partial charge < -0.3 is 15.0 Å². The van der Waals surface area contributed by atoms with Crippen molar-refractivity contribution in [3.05, 3.63) is 70.0 Å². The number of esters is 1. The molecule has 0 bridgehead atoms. The van der Waals surface area contributed by atoms with Crippen LogP contribution in [0.1, 0.15) is 31.9 Å². The predicted octanol–water partition coefficient (Wildman–Crippen LogP) is 4.40. The van der Waals surface area contributed by atoms with Gasteiger partial charge in [-0.3, -0.25) is 9.59 Å². The first kappa shape index (κ1) is 29.9. The lowest BCUT2D eigenvalue weighted by atomic mass is 10.0. The fourth-order valence-corrected chi connectivity index (χ4v) is 4.04. The Morgan fingerprint density at radius 2 is 1.85 bits per heavy atom. The summed E-state index contributed by atoms with van der Waals surface area (Å²) in [7, 11) is 0. The summed E-state index contributed by atoms with van der Waals surface area (Å²) in [6, 6.07) is 12.1. The van der Waals surface area contributed by atoms with Gasteiger partial charge in [-0.25, -0.2) is 9.48 Å². The molecule has 3 aromatic rings. The summed E-state index contributed by atoms with van der Waals surface area (Å²) in [5.74, 6) is -2.46. The molecular weight excluding hydrogens is 567 g/mol. The fourth-order valence-electron chi connectivity index (χ4n) is 3.59. The van der Waals surface area contributed by atoms with E-state index in [9.17, 15) is 14.4 Å². The summed E-state index contributed by atoms with van der Waals surface area (Å²) in [6.45, 7) is 4.57. The molecule has 13 heteroatoms. The molecule has 0 saturated carbocycles. The topological polar surface area (TPSA) is 130 Å². The van der Waals surface area contributed by atoms with Crippen LogP contribution in [-0.4, -0.2) is 61.7 Å². The zero-order valence-electron chi connectivity index (χ0n) is 21.3. The van der Waals surface area contributed by atoms with Crippen LogP contribution in [0.4, 0.5) is 5.69 Å². The molecule has 1 atom stereocenters. The van der Waals surface area contributed by atoms with Gasteiger partial charge in [0, 0.05) is 11.4 Å². The minimum absolute atomic E-state index is 0.0242. The standard InChI is InChI=1S/C26H25Cl3N6O4/c1-26(2,3)39-25(38)21(10-16-4-6-17(13-30)7-5-16)34(24(37)12-27)15-23(36)31-19-11-18(28)8-9-20(19)35-14-22(29)32-33-35/h4-9,11,14,21H,10,12,15H2,1-3H3,(H,31,36). The molecule has 0 fully saturated rings. The van der Waals surface area contributed by atoms with Crippen molar-refractivity contribution in [3.8, 4) is 11.8 Å². The number of nitriles is 1. The second-order valence-electron chi connectivity index (χ2n) is 9.41. The lowest BCUT2D eigenvalue weighted by molar-refractivity contribution is -0.164. The van der Waals surface area contributed by atoms with Crippen LogP contribution in [0, 0.1) is 11.3 Å². The fraction of sp³-hybridized carbons (Fsp3) is 0.308. The quantitative estimate of drug-likeness (QED) is 0.288. The average Bonchev–Trinajstić information content (AvgIpc) is 3.30. The van der Waals surface area contributed by atoms with Crippen LogP contribution < -0.4 is 5.32 Å². The maximum Gasteiger partial charge on any atom is 0.329 e. The maximum atomic E-state index is 13.3. The highest BCUT2D eigenvalue weighted by atomic mass is 35.5. The van der Waals surface area contributed by atoms with E-state index in [0.717, 1.165) is 4.90 Å². The molecular formula is C26H25Cl3N6O4. The molecule has 0 aliphatic carbocycles. The number of ether oxygens (including phenoxy) is 1. The van der Waals surface area contributed by atoms with E-state index >= 15 is 0 Å². The van der Waals surface area contributed by atoms with Gasteiger partial charge in [-0.05, 0) is 56.7 Å². The first-order chi connectivity index (χ1) is 18.4. The number of anilines is 1. The van der Waals surface area contributed by atoms with E-state index in [1.165, 1.54) is 16.9 Å². The first-order valence-corrected chi connectivity index (χ1v) is 12.9. The normalized spacial score (nSPS) is 11.8. The van der Waals surface area contributed by atoms with E-state index in [2.05, 4.69) is 15.6 Å². The Morgan fingerprint density at radius 3 is 2.41 bits per heavy atom. The van der Waals surface area contributed by atoms with Gasteiger partial charge in [-0.2, -0.15) is 5.26 Å². The molecule has 1 N–H and O–H groups in total. The number of carbonyl (C=O) groups is 3. The number of carbonyl (C=O) groups excluding carboxylic acids is 3. The van der Waals surface area contributed by atoms with Crippen LogP contribution in [0.15, 0.2) is 48.7 Å². The summed E-state index contributed by atoms with van der Waals surface area (Å²) in [4.78, 5) is 40.6. The van der Waals surface area contributed by atoms with Gasteiger partial charge in [0.2, 0.25) is 11.8 Å². The number of amides is 2. The third kappa shape index (κ3) is 8.42. The van der Waals surface area contributed by atoms with Crippen LogP contribution in [0.2, 0.25) is 10.2 Å². The minimum Gasteiger partial charge on any atom is -0.458 e. The number of aromatic nitrogens is 3. The highest BCUT2D eigenvalue weighted by Crippen LogP contribution is 2.25. The molecule has 1 heterocycles. The predicted molar refractivity (Wildman–Crippen MR) is 147 cm³/mol. The SMILES string of the molecule is CC(C)(C)OC(=O)C(Cc1ccc(C#N)cc1)N(CC(=O)Nc1cc(Cl)ccc1-n1cc(Cl)nn1)C(=O)CCl. The first-order valence-electron chi connectivity index (χ1n) is 11.6. The van der Waals surface area contributed by atoms with Crippen LogP contribution in [0.25, 0.3) is 5.69 Å². The molecule has 39 heavy (non-hydrogen) atoms. The third-order valence-electron chi connectivity index (χ3n) is 5.26. The van der Waals surface area contributed by atoms with Crippen molar-refractivity contribution >= 4 is 58.3 Å². The third-order valence-corrected chi connectivity index (χ3v) is 5.90. The second kappa shape index (κ2) is 12.9. The van der Waals surface area contributed by atoms with Gasteiger partial charge in [0.25, 0.3) is 0 Å². The molecule has 0 radical (unpaired) electrons. The Hall–Kier alpha value is -3.65. The summed E-state index contributed by atoms with van der Waals surface area (Å²) in [6.07, 6.45) is 1.47. The number of hydrogen-bond acceptors (Lipinski definition) is 7. The van der Waals surface area contributed by atoms with Gasteiger partial charge in [0.15, 0.2) is 5.15 Å². The summed E-state index contributed by atoms with van der Waals surface area (Å²) < 4.78 is 6.93. The Balaban J connectivity index is 1.92. The number of hydrogen-bond donors (Lipinski definition) is 1. The zero-order valence-corrected chi connectivity index (χ0v) is 23.6. The smallest absolute Gasteiger partial charge is 0.329 e. The monoisotopic (exact) mass is 590 g/mol. The molecule has 0 aliphatic heterocycles. The van der Waals surface area contributed by atoms with Crippen molar-refractivity contribution in [2.24, 2.45) is 0 Å². The lowest BCUT2D eigenvalue weighted by Gasteiger charge is -2.32. The van der Waals surface area contributed by atoms with Crippen molar-refractivity contribution in [3.63, 3.8) is 0 Å². The minimum atomic E-state index is -1.18. The Morgan fingerprint density at radius 1 is 1.15 bits per heavy atom. The average molecular weight is 592 g/mol. The summed E-state index contributed by atoms with van der Waals surface area (Å²) in [5.41, 5.74) is 0.925. The zero-order chi connectivity index (χ0) is 28.7. The van der Waals surface area contributed by atoms with Gasteiger partial charge >= 0.3 is 5.97 Å². The Bertz CT molecular complexity index is 1400. The van der Waals surface area contributed by atoms with Crippen molar-refractivity contribution in [2.75, 3.05) is 17.7 Å². The number of alkyl halides is 1.